The molecule has 5 aromatic rings. The monoisotopic (exact) mass is 666 g/mol. The molecule has 0 spiro atoms. The molecule has 4 heterocycles. The number of morpholine rings is 1. The minimum absolute atomic E-state index is 0.145. The van der Waals surface area contributed by atoms with Crippen LogP contribution in [0.5, 0.6) is 5.75 Å². The zero-order valence-electron chi connectivity index (χ0n) is 28.0. The van der Waals surface area contributed by atoms with Gasteiger partial charge in [0.05, 0.1) is 48.0 Å². The zero-order chi connectivity index (χ0) is 34.2. The van der Waals surface area contributed by atoms with Crippen LogP contribution >= 0.6 is 0 Å². The molecule has 12 heteroatoms. The van der Waals surface area contributed by atoms with E-state index in [1.807, 2.05) is 38.1 Å². The van der Waals surface area contributed by atoms with Crippen LogP contribution in [0.25, 0.3) is 23.2 Å². The van der Waals surface area contributed by atoms with Gasteiger partial charge in [-0.2, -0.15) is 0 Å². The molecule has 0 atom stereocenters. The van der Waals surface area contributed by atoms with Crippen LogP contribution in [-0.4, -0.2) is 79.7 Å². The second-order valence-corrected chi connectivity index (χ2v) is 12.2. The first kappa shape index (κ1) is 33.8. The molecule has 2 aromatic carbocycles. The molecule has 0 aliphatic carbocycles. The molecule has 1 aliphatic heterocycles. The Morgan fingerprint density at radius 1 is 1.04 bits per heavy atom. The van der Waals surface area contributed by atoms with E-state index in [0.717, 1.165) is 90.3 Å². The lowest BCUT2D eigenvalue weighted by Crippen LogP contribution is -2.37. The number of aliphatic imine (C=N–C) groups is 1. The number of aromatic amines is 1. The van der Waals surface area contributed by atoms with E-state index in [1.54, 1.807) is 35.0 Å². The first-order valence-corrected chi connectivity index (χ1v) is 16.8. The Balaban J connectivity index is 1.21. The topological polar surface area (TPSA) is 126 Å². The van der Waals surface area contributed by atoms with Crippen molar-refractivity contribution in [2.45, 2.75) is 46.3 Å². The molecular weight excluding hydrogens is 623 g/mol. The third-order valence-corrected chi connectivity index (χ3v) is 8.74. The Morgan fingerprint density at radius 2 is 1.84 bits per heavy atom. The third kappa shape index (κ3) is 8.51. The van der Waals surface area contributed by atoms with Gasteiger partial charge in [-0.15, -0.1) is 0 Å². The quantitative estimate of drug-likeness (QED) is 0.130. The Morgan fingerprint density at radius 3 is 2.63 bits per heavy atom. The maximum Gasteiger partial charge on any atom is 0.326 e. The standard InChI is InChI=1S/C37H43FN8O3/c1-3-30-33(45(37(48)43-30)18-14-27-6-9-29(38)10-7-27)13-16-39-24-28-8-11-31-34(23-28)46(25-32-35(47)12-5-26(2)41-32)36(42-31)40-15-4-17-44-19-21-49-22-20-44/h3,5-13,16,23,47H,4,14-15,17-22,24-25H2,1-2H3,(H,40,42)(H,43,48)/b30-3+,33-13+,39-16?. The number of aryl methyl sites for hydroxylation is 2. The van der Waals surface area contributed by atoms with Crippen molar-refractivity contribution in [1.82, 2.24) is 29.0 Å². The summed E-state index contributed by atoms with van der Waals surface area (Å²) in [4.78, 5) is 32.3. The summed E-state index contributed by atoms with van der Waals surface area (Å²) in [5, 5.41) is 15.6. The number of halogens is 1. The summed E-state index contributed by atoms with van der Waals surface area (Å²) in [5.41, 5.74) is 4.90. The molecule has 49 heavy (non-hydrogen) atoms. The fraction of sp³-hybridized carbons (Fsp3) is 0.351. The van der Waals surface area contributed by atoms with E-state index in [4.69, 9.17) is 9.72 Å². The minimum Gasteiger partial charge on any atom is -0.506 e. The summed E-state index contributed by atoms with van der Waals surface area (Å²) in [6, 6.07) is 15.9. The number of rotatable bonds is 13. The molecule has 256 valence electrons. The summed E-state index contributed by atoms with van der Waals surface area (Å²) in [6.45, 7) is 10.2. The number of aromatic hydroxyl groups is 1. The predicted molar refractivity (Wildman–Crippen MR) is 191 cm³/mol. The average molecular weight is 667 g/mol. The Bertz CT molecular complexity index is 2090. The number of nitrogens with one attached hydrogen (secondary N) is 2. The molecule has 6 rings (SSSR count). The number of H-pyrrole nitrogens is 1. The molecule has 0 unspecified atom stereocenters. The van der Waals surface area contributed by atoms with Crippen molar-refractivity contribution in [3.05, 3.63) is 104 Å². The van der Waals surface area contributed by atoms with E-state index in [1.165, 1.54) is 12.1 Å². The largest absolute Gasteiger partial charge is 0.506 e. The van der Waals surface area contributed by atoms with Crippen LogP contribution in [-0.2, 0) is 30.8 Å². The lowest BCUT2D eigenvalue weighted by Gasteiger charge is -2.26. The van der Waals surface area contributed by atoms with Gasteiger partial charge in [0.1, 0.15) is 17.3 Å². The fourth-order valence-electron chi connectivity index (χ4n) is 6.06. The summed E-state index contributed by atoms with van der Waals surface area (Å²) < 4.78 is 22.6. The smallest absolute Gasteiger partial charge is 0.326 e. The highest BCUT2D eigenvalue weighted by Crippen LogP contribution is 2.25. The van der Waals surface area contributed by atoms with Gasteiger partial charge >= 0.3 is 5.69 Å². The van der Waals surface area contributed by atoms with Crippen LogP contribution in [0.1, 0.15) is 35.9 Å². The second-order valence-electron chi connectivity index (χ2n) is 12.2. The number of aromatic nitrogens is 5. The first-order valence-electron chi connectivity index (χ1n) is 16.8. The van der Waals surface area contributed by atoms with Crippen molar-refractivity contribution in [2.75, 3.05) is 44.7 Å². The third-order valence-electron chi connectivity index (χ3n) is 8.74. The van der Waals surface area contributed by atoms with Crippen molar-refractivity contribution in [3.63, 3.8) is 0 Å². The Labute approximate surface area is 284 Å². The normalized spacial score (nSPS) is 14.8. The summed E-state index contributed by atoms with van der Waals surface area (Å²) in [7, 11) is 0. The highest BCUT2D eigenvalue weighted by atomic mass is 19.1. The molecule has 1 aliphatic rings. The van der Waals surface area contributed by atoms with Crippen LogP contribution in [0.15, 0.2) is 64.4 Å². The number of anilines is 1. The predicted octanol–water partition coefficient (Wildman–Crippen LogP) is 3.35. The maximum absolute atomic E-state index is 13.3. The maximum atomic E-state index is 13.3. The van der Waals surface area contributed by atoms with Crippen LogP contribution in [0, 0.1) is 12.7 Å². The molecule has 3 aromatic heterocycles. The van der Waals surface area contributed by atoms with Gasteiger partial charge in [-0.1, -0.05) is 24.3 Å². The highest BCUT2D eigenvalue weighted by Gasteiger charge is 2.15. The van der Waals surface area contributed by atoms with Gasteiger partial charge in [0.25, 0.3) is 0 Å². The number of nitrogens with zero attached hydrogens (tertiary/aromatic N) is 6. The number of hydrogen-bond acceptors (Lipinski definition) is 8. The molecule has 0 saturated carbocycles. The lowest BCUT2D eigenvalue weighted by atomic mass is 10.1. The van der Waals surface area contributed by atoms with Crippen LogP contribution in [0.4, 0.5) is 10.3 Å². The van der Waals surface area contributed by atoms with Gasteiger partial charge in [-0.3, -0.25) is 19.4 Å². The van der Waals surface area contributed by atoms with Crippen LogP contribution in [0.3, 0.4) is 0 Å². The number of pyridine rings is 1. The van der Waals surface area contributed by atoms with Gasteiger partial charge in [-0.05, 0) is 86.8 Å². The number of hydrogen-bond donors (Lipinski definition) is 3. The molecule has 1 fully saturated rings. The Hall–Kier alpha value is -5.07. The number of ether oxygens (including phenoxy) is 1. The Kier molecular flexibility index (Phi) is 11.0. The molecule has 1 saturated heterocycles. The van der Waals surface area contributed by atoms with Gasteiger partial charge in [0.2, 0.25) is 5.95 Å². The van der Waals surface area contributed by atoms with E-state index < -0.39 is 0 Å². The lowest BCUT2D eigenvalue weighted by molar-refractivity contribution is 0.0378. The molecule has 0 radical (unpaired) electrons. The highest BCUT2D eigenvalue weighted by molar-refractivity contribution is 5.90. The van der Waals surface area contributed by atoms with Crippen molar-refractivity contribution >= 4 is 35.3 Å². The van der Waals surface area contributed by atoms with Crippen molar-refractivity contribution in [2.24, 2.45) is 4.99 Å². The van der Waals surface area contributed by atoms with Gasteiger partial charge in [-0.25, -0.2) is 14.2 Å². The zero-order valence-corrected chi connectivity index (χ0v) is 28.0. The van der Waals surface area contributed by atoms with Crippen LogP contribution in [0.2, 0.25) is 0 Å². The minimum atomic E-state index is -0.283. The van der Waals surface area contributed by atoms with E-state index in [2.05, 4.69) is 35.8 Å². The van der Waals surface area contributed by atoms with Crippen molar-refractivity contribution in [3.8, 4) is 5.75 Å². The SMILES string of the molecule is C/C=c1/[nH]c(=O)n(CCc2ccc(F)cc2)/c1=C/C=NCc1ccc2nc(NCCCN3CCOCC3)n(Cc3nc(C)ccc3O)c2c1. The molecule has 0 amide bonds. The molecule has 0 bridgehead atoms. The molecule has 11 nitrogen and oxygen atoms in total. The number of imidazole rings is 2. The van der Waals surface area contributed by atoms with Crippen LogP contribution < -0.4 is 21.7 Å². The van der Waals surface area contributed by atoms with Crippen molar-refractivity contribution in [1.29, 1.82) is 0 Å². The second kappa shape index (κ2) is 15.9. The van der Waals surface area contributed by atoms with Gasteiger partial charge in [0, 0.05) is 38.1 Å². The fourth-order valence-corrected chi connectivity index (χ4v) is 6.06. The summed E-state index contributed by atoms with van der Waals surface area (Å²) >= 11 is 0. The van der Waals surface area contributed by atoms with Gasteiger partial charge < -0.3 is 24.7 Å². The van der Waals surface area contributed by atoms with E-state index >= 15 is 0 Å². The van der Waals surface area contributed by atoms with Crippen molar-refractivity contribution < 1.29 is 14.2 Å². The van der Waals surface area contributed by atoms with E-state index in [0.29, 0.717) is 31.7 Å². The summed E-state index contributed by atoms with van der Waals surface area (Å²) in [5.74, 6) is 0.587. The molecule has 3 N–H and O–H groups in total. The number of fused-ring (bicyclic) bond motifs is 1. The average Bonchev–Trinajstić information content (AvgIpc) is 3.61. The van der Waals surface area contributed by atoms with Gasteiger partial charge in [0.15, 0.2) is 0 Å². The number of benzene rings is 2. The van der Waals surface area contributed by atoms with E-state index in [-0.39, 0.29) is 17.3 Å². The molecular formula is C37H43FN8O3. The van der Waals surface area contributed by atoms with E-state index in [9.17, 15) is 14.3 Å². The first-order chi connectivity index (χ1) is 23.9. The summed E-state index contributed by atoms with van der Waals surface area (Å²) in [6.07, 6.45) is 6.98.